The van der Waals surface area contributed by atoms with Crippen LogP contribution in [0, 0.1) is 10.1 Å². The lowest BCUT2D eigenvalue weighted by molar-refractivity contribution is -0.384. The number of hydrogen-bond donors (Lipinski definition) is 1. The third-order valence-electron chi connectivity index (χ3n) is 4.27. The number of nitro benzene ring substituents is 1. The molecular weight excluding hydrogens is 428 g/mol. The monoisotopic (exact) mass is 444 g/mol. The van der Waals surface area contributed by atoms with Crippen molar-refractivity contribution < 1.29 is 19.2 Å². The summed E-state index contributed by atoms with van der Waals surface area (Å²) in [6.07, 6.45) is 0.631. The predicted molar refractivity (Wildman–Crippen MR) is 113 cm³/mol. The number of aromatic nitrogens is 2. The smallest absolute Gasteiger partial charge is 0.359 e. The van der Waals surface area contributed by atoms with E-state index in [-0.39, 0.29) is 27.7 Å². The Morgan fingerprint density at radius 3 is 2.61 bits per heavy atom. The van der Waals surface area contributed by atoms with Crippen LogP contribution in [-0.2, 0) is 16.1 Å². The van der Waals surface area contributed by atoms with E-state index in [0.717, 1.165) is 6.07 Å². The van der Waals surface area contributed by atoms with Crippen molar-refractivity contribution in [2.45, 2.75) is 19.9 Å². The first-order valence-corrected chi connectivity index (χ1v) is 9.60. The van der Waals surface area contributed by atoms with Gasteiger partial charge in [-0.15, -0.1) is 0 Å². The Kier molecular flexibility index (Phi) is 6.61. The molecule has 0 bridgehead atoms. The molecule has 1 aromatic heterocycles. The minimum atomic E-state index is -0.888. The summed E-state index contributed by atoms with van der Waals surface area (Å²) in [7, 11) is 0. The zero-order valence-corrected chi connectivity index (χ0v) is 17.1. The van der Waals surface area contributed by atoms with E-state index in [4.69, 9.17) is 16.3 Å². The lowest BCUT2D eigenvalue weighted by Gasteiger charge is -2.11. The van der Waals surface area contributed by atoms with Gasteiger partial charge in [0.05, 0.1) is 21.0 Å². The van der Waals surface area contributed by atoms with Crippen LogP contribution in [0.5, 0.6) is 0 Å². The van der Waals surface area contributed by atoms with Crippen molar-refractivity contribution in [1.29, 1.82) is 0 Å². The van der Waals surface area contributed by atoms with Gasteiger partial charge in [0, 0.05) is 24.1 Å². The Morgan fingerprint density at radius 1 is 1.23 bits per heavy atom. The van der Waals surface area contributed by atoms with Crippen molar-refractivity contribution in [3.63, 3.8) is 0 Å². The van der Waals surface area contributed by atoms with Crippen LogP contribution >= 0.6 is 11.6 Å². The van der Waals surface area contributed by atoms with Crippen molar-refractivity contribution in [2.24, 2.45) is 0 Å². The molecule has 3 rings (SSSR count). The number of carbonyl (C=O) groups excluding carboxylic acids is 2. The first-order chi connectivity index (χ1) is 14.8. The van der Waals surface area contributed by atoms with Crippen LogP contribution in [0.1, 0.15) is 23.8 Å². The highest BCUT2D eigenvalue weighted by Gasteiger charge is 2.19. The van der Waals surface area contributed by atoms with Gasteiger partial charge < -0.3 is 10.1 Å². The normalized spacial score (nSPS) is 10.6. The maximum Gasteiger partial charge on any atom is 0.359 e. The highest BCUT2D eigenvalue weighted by atomic mass is 35.5. The Morgan fingerprint density at radius 2 is 1.94 bits per heavy atom. The first kappa shape index (κ1) is 21.9. The lowest BCUT2D eigenvalue weighted by Crippen LogP contribution is -2.27. The van der Waals surface area contributed by atoms with E-state index in [1.807, 2.05) is 6.92 Å². The fourth-order valence-corrected chi connectivity index (χ4v) is 3.02. The number of nitrogens with one attached hydrogen (secondary N) is 1. The summed E-state index contributed by atoms with van der Waals surface area (Å²) >= 11 is 5.94. The summed E-state index contributed by atoms with van der Waals surface area (Å²) in [5, 5.41) is 18.0. The fraction of sp³-hybridized carbons (Fsp3) is 0.200. The average molecular weight is 445 g/mol. The molecule has 1 heterocycles. The minimum Gasteiger partial charge on any atom is -0.451 e. The molecule has 0 saturated heterocycles. The van der Waals surface area contributed by atoms with E-state index in [0.29, 0.717) is 23.7 Å². The number of nitrogens with zero attached hydrogens (tertiary/aromatic N) is 3. The molecule has 0 aliphatic carbocycles. The second kappa shape index (κ2) is 9.35. The summed E-state index contributed by atoms with van der Waals surface area (Å²) in [4.78, 5) is 47.5. The standard InChI is InChI=1S/C20H17ClN4O6/c1-2-9-24-19(27)14-6-4-3-5-13(14)18(23-24)20(28)31-11-17(26)22-16-10-12(25(29)30)7-8-15(16)21/h3-8,10H,2,9,11H2,1H3,(H,22,26). The largest absolute Gasteiger partial charge is 0.451 e. The number of benzene rings is 2. The summed E-state index contributed by atoms with van der Waals surface area (Å²) < 4.78 is 6.24. The number of amides is 1. The third-order valence-corrected chi connectivity index (χ3v) is 4.60. The number of nitro groups is 1. The Balaban J connectivity index is 1.78. The molecule has 0 saturated carbocycles. The van der Waals surface area contributed by atoms with Crippen LogP contribution in [0.4, 0.5) is 11.4 Å². The second-order valence-corrected chi connectivity index (χ2v) is 6.88. The predicted octanol–water partition coefficient (Wildman–Crippen LogP) is 3.16. The Labute approximate surface area is 180 Å². The number of ether oxygens (including phenoxy) is 1. The summed E-state index contributed by atoms with van der Waals surface area (Å²) in [5.41, 5.74) is -0.667. The summed E-state index contributed by atoms with van der Waals surface area (Å²) in [5.74, 6) is -1.64. The molecule has 0 unspecified atom stereocenters. The molecular formula is C20H17ClN4O6. The number of esters is 1. The van der Waals surface area contributed by atoms with Gasteiger partial charge in [0.2, 0.25) is 0 Å². The van der Waals surface area contributed by atoms with Crippen molar-refractivity contribution in [2.75, 3.05) is 11.9 Å². The number of carbonyl (C=O) groups is 2. The minimum absolute atomic E-state index is 0.0111. The van der Waals surface area contributed by atoms with Crippen molar-refractivity contribution in [1.82, 2.24) is 9.78 Å². The van der Waals surface area contributed by atoms with Crippen LogP contribution in [0.3, 0.4) is 0 Å². The number of non-ortho nitro benzene ring substituents is 1. The van der Waals surface area contributed by atoms with Gasteiger partial charge >= 0.3 is 5.97 Å². The Bertz CT molecular complexity index is 1240. The summed E-state index contributed by atoms with van der Waals surface area (Å²) in [6.45, 7) is 1.50. The van der Waals surface area contributed by atoms with Crippen LogP contribution < -0.4 is 10.9 Å². The molecule has 0 aliphatic heterocycles. The maximum atomic E-state index is 12.6. The van der Waals surface area contributed by atoms with Crippen LogP contribution in [0.25, 0.3) is 10.8 Å². The molecule has 0 fully saturated rings. The molecule has 160 valence electrons. The van der Waals surface area contributed by atoms with E-state index in [2.05, 4.69) is 10.4 Å². The van der Waals surface area contributed by atoms with Crippen molar-refractivity contribution in [3.05, 3.63) is 73.6 Å². The van der Waals surface area contributed by atoms with Gasteiger partial charge in [-0.1, -0.05) is 36.7 Å². The zero-order chi connectivity index (χ0) is 22.5. The number of anilines is 1. The maximum absolute atomic E-state index is 12.6. The molecule has 31 heavy (non-hydrogen) atoms. The van der Waals surface area contributed by atoms with Gasteiger partial charge in [-0.2, -0.15) is 5.10 Å². The van der Waals surface area contributed by atoms with Crippen molar-refractivity contribution in [3.8, 4) is 0 Å². The average Bonchev–Trinajstić information content (AvgIpc) is 2.75. The van der Waals surface area contributed by atoms with Crippen molar-refractivity contribution >= 4 is 45.6 Å². The van der Waals surface area contributed by atoms with E-state index in [1.165, 1.54) is 16.8 Å². The lowest BCUT2D eigenvalue weighted by atomic mass is 10.1. The topological polar surface area (TPSA) is 133 Å². The molecule has 3 aromatic rings. The highest BCUT2D eigenvalue weighted by molar-refractivity contribution is 6.33. The number of halogens is 1. The third kappa shape index (κ3) is 4.86. The van der Waals surface area contributed by atoms with Crippen LogP contribution in [-0.4, -0.2) is 33.2 Å². The molecule has 1 amide bonds. The molecule has 1 N–H and O–H groups in total. The number of aryl methyl sites for hydroxylation is 1. The van der Waals surface area contributed by atoms with Gasteiger partial charge in [-0.3, -0.25) is 19.7 Å². The molecule has 0 aliphatic rings. The van der Waals surface area contributed by atoms with E-state index < -0.39 is 23.4 Å². The summed E-state index contributed by atoms with van der Waals surface area (Å²) in [6, 6.07) is 10.0. The second-order valence-electron chi connectivity index (χ2n) is 6.47. The van der Waals surface area contributed by atoms with Crippen LogP contribution in [0.2, 0.25) is 5.02 Å². The van der Waals surface area contributed by atoms with Gasteiger partial charge in [0.15, 0.2) is 12.3 Å². The number of fused-ring (bicyclic) bond motifs is 1. The van der Waals surface area contributed by atoms with E-state index in [9.17, 15) is 24.5 Å². The Hall–Kier alpha value is -3.79. The van der Waals surface area contributed by atoms with Crippen LogP contribution in [0.15, 0.2) is 47.3 Å². The van der Waals surface area contributed by atoms with Gasteiger partial charge in [-0.05, 0) is 18.6 Å². The molecule has 0 atom stereocenters. The van der Waals surface area contributed by atoms with Gasteiger partial charge in [-0.25, -0.2) is 9.48 Å². The van der Waals surface area contributed by atoms with E-state index in [1.54, 1.807) is 24.3 Å². The molecule has 2 aromatic carbocycles. The molecule has 0 spiro atoms. The highest BCUT2D eigenvalue weighted by Crippen LogP contribution is 2.26. The molecule has 11 heteroatoms. The molecule has 10 nitrogen and oxygen atoms in total. The number of rotatable bonds is 7. The van der Waals surface area contributed by atoms with Gasteiger partial charge in [0.1, 0.15) is 0 Å². The molecule has 0 radical (unpaired) electrons. The quantitative estimate of drug-likeness (QED) is 0.336. The van der Waals surface area contributed by atoms with E-state index >= 15 is 0 Å². The zero-order valence-electron chi connectivity index (χ0n) is 16.3. The first-order valence-electron chi connectivity index (χ1n) is 9.22. The van der Waals surface area contributed by atoms with Gasteiger partial charge in [0.25, 0.3) is 17.2 Å². The number of hydrogen-bond acceptors (Lipinski definition) is 7. The SMILES string of the molecule is CCCn1nc(C(=O)OCC(=O)Nc2cc([N+](=O)[O-])ccc2Cl)c2ccccc2c1=O. The fourth-order valence-electron chi connectivity index (χ4n) is 2.86.